The topological polar surface area (TPSA) is 80.9 Å². The molecule has 0 saturated carbocycles. The van der Waals surface area contributed by atoms with Gasteiger partial charge in [-0.05, 0) is 62.9 Å². The average Bonchev–Trinajstić information content (AvgIpc) is 3.56. The number of benzene rings is 1. The lowest BCUT2D eigenvalue weighted by atomic mass is 10.0. The highest BCUT2D eigenvalue weighted by Gasteiger charge is 2.19. The number of carbonyl (C=O) groups excluding carboxylic acids is 1. The van der Waals surface area contributed by atoms with Gasteiger partial charge in [-0.25, -0.2) is 9.97 Å². The van der Waals surface area contributed by atoms with E-state index in [1.54, 1.807) is 29.7 Å². The van der Waals surface area contributed by atoms with Crippen molar-refractivity contribution in [3.8, 4) is 0 Å². The molecule has 0 aliphatic heterocycles. The Kier molecular flexibility index (Phi) is 10.8. The number of imidazole rings is 2. The summed E-state index contributed by atoms with van der Waals surface area (Å²) in [6, 6.07) is 8.66. The van der Waals surface area contributed by atoms with Crippen LogP contribution in [0, 0.1) is 0 Å². The molecule has 0 unspecified atom stereocenters. The first-order chi connectivity index (χ1) is 16.7. The van der Waals surface area contributed by atoms with E-state index >= 15 is 0 Å². The Morgan fingerprint density at radius 3 is 2.12 bits per heavy atom. The van der Waals surface area contributed by atoms with Crippen LogP contribution in [0.3, 0.4) is 0 Å². The zero-order valence-corrected chi connectivity index (χ0v) is 20.8. The van der Waals surface area contributed by atoms with E-state index in [-0.39, 0.29) is 5.91 Å². The van der Waals surface area contributed by atoms with Crippen LogP contribution in [0.2, 0.25) is 0 Å². The third-order valence-electron chi connectivity index (χ3n) is 6.05. The van der Waals surface area contributed by atoms with Gasteiger partial charge in [0, 0.05) is 31.3 Å². The van der Waals surface area contributed by atoms with Gasteiger partial charge < -0.3 is 19.8 Å². The second kappa shape index (κ2) is 14.4. The van der Waals surface area contributed by atoms with Gasteiger partial charge in [0.2, 0.25) is 0 Å². The third-order valence-corrected chi connectivity index (χ3v) is 6.05. The van der Waals surface area contributed by atoms with Gasteiger partial charge >= 0.3 is 0 Å². The van der Waals surface area contributed by atoms with Crippen LogP contribution >= 0.6 is 0 Å². The van der Waals surface area contributed by atoms with Gasteiger partial charge in [0.1, 0.15) is 5.82 Å². The van der Waals surface area contributed by atoms with E-state index in [9.17, 15) is 4.79 Å². The monoisotopic (exact) mass is 464 g/mol. The number of hydrogen-bond donors (Lipinski definition) is 2. The molecule has 0 atom stereocenters. The first-order valence-electron chi connectivity index (χ1n) is 12.8. The fourth-order valence-electron chi connectivity index (χ4n) is 4.31. The maximum Gasteiger partial charge on any atom is 0.290 e. The highest BCUT2D eigenvalue weighted by Crippen LogP contribution is 2.14. The highest BCUT2D eigenvalue weighted by atomic mass is 16.2. The van der Waals surface area contributed by atoms with Crippen molar-refractivity contribution in [2.45, 2.75) is 71.9 Å². The zero-order valence-electron chi connectivity index (χ0n) is 20.8. The first-order valence-corrected chi connectivity index (χ1v) is 12.8. The van der Waals surface area contributed by atoms with Crippen molar-refractivity contribution in [2.75, 3.05) is 19.6 Å². The van der Waals surface area contributed by atoms with Gasteiger partial charge in [-0.3, -0.25) is 4.79 Å². The molecule has 0 bridgehead atoms. The summed E-state index contributed by atoms with van der Waals surface area (Å²) >= 11 is 0. The Hall–Kier alpha value is -2.93. The molecule has 0 fully saturated rings. The van der Waals surface area contributed by atoms with Crippen molar-refractivity contribution in [1.29, 1.82) is 0 Å². The number of amides is 1. The van der Waals surface area contributed by atoms with Gasteiger partial charge in [-0.2, -0.15) is 0 Å². The van der Waals surface area contributed by atoms with Crippen molar-refractivity contribution >= 4 is 5.91 Å². The summed E-state index contributed by atoms with van der Waals surface area (Å²) in [7, 11) is 0. The number of aromatic nitrogens is 4. The Balaban J connectivity index is 1.44. The Morgan fingerprint density at radius 1 is 0.794 bits per heavy atom. The average molecular weight is 465 g/mol. The van der Waals surface area contributed by atoms with Crippen molar-refractivity contribution in [2.24, 2.45) is 0 Å². The lowest BCUT2D eigenvalue weighted by molar-refractivity contribution is 0.0714. The van der Waals surface area contributed by atoms with Crippen LogP contribution in [0.15, 0.2) is 49.1 Å². The van der Waals surface area contributed by atoms with Gasteiger partial charge in [-0.1, -0.05) is 51.0 Å². The van der Waals surface area contributed by atoms with Crippen LogP contribution < -0.4 is 0 Å². The van der Waals surface area contributed by atoms with Gasteiger partial charge in [-0.15, -0.1) is 0 Å². The number of carbonyl (C=O) groups is 1. The minimum atomic E-state index is -0.137. The van der Waals surface area contributed by atoms with E-state index in [0.717, 1.165) is 17.8 Å². The molecular weight excluding hydrogens is 424 g/mol. The minimum Gasteiger partial charge on any atom is -0.347 e. The number of aryl methyl sites for hydroxylation is 1. The number of H-pyrrole nitrogens is 2. The van der Waals surface area contributed by atoms with Crippen LogP contribution in [0.1, 0.15) is 79.9 Å². The number of unbranched alkanes of at least 4 members (excludes halogenated alkanes) is 3. The largest absolute Gasteiger partial charge is 0.347 e. The molecule has 0 spiro atoms. The predicted molar refractivity (Wildman–Crippen MR) is 136 cm³/mol. The van der Waals surface area contributed by atoms with Crippen LogP contribution in [0.4, 0.5) is 0 Å². The molecule has 2 heterocycles. The van der Waals surface area contributed by atoms with E-state index in [1.165, 1.54) is 63.7 Å². The second-order valence-electron chi connectivity index (χ2n) is 8.96. The Labute approximate surface area is 204 Å². The van der Waals surface area contributed by atoms with E-state index in [4.69, 9.17) is 0 Å². The normalized spacial score (nSPS) is 11.3. The Morgan fingerprint density at radius 2 is 1.47 bits per heavy atom. The first kappa shape index (κ1) is 25.7. The SMILES string of the molecule is CCCN(CCC)CCCCCCc1ccc(CN(Cc2ncc[nH]2)C(=O)c2ncc[nH]2)cc1. The lowest BCUT2D eigenvalue weighted by Crippen LogP contribution is -2.31. The standard InChI is InChI=1S/C27H40N6O/c1-3-18-32(19-4-2)20-8-6-5-7-9-23-10-12-24(13-11-23)21-33(22-25-28-14-15-29-25)27(34)26-30-16-17-31-26/h10-17H,3-9,18-22H2,1-2H3,(H,28,29)(H,30,31). The molecule has 1 amide bonds. The van der Waals surface area contributed by atoms with E-state index in [1.807, 2.05) is 0 Å². The second-order valence-corrected chi connectivity index (χ2v) is 8.96. The molecule has 2 N–H and O–H groups in total. The number of aromatic amines is 2. The summed E-state index contributed by atoms with van der Waals surface area (Å²) in [6.07, 6.45) is 15.4. The van der Waals surface area contributed by atoms with Crippen LogP contribution in [0.5, 0.6) is 0 Å². The minimum absolute atomic E-state index is 0.137. The molecular formula is C27H40N6O. The molecule has 7 heteroatoms. The summed E-state index contributed by atoms with van der Waals surface area (Å²) in [4.78, 5) is 31.7. The maximum atomic E-state index is 12.9. The molecule has 1 aromatic carbocycles. The molecule has 0 saturated heterocycles. The molecule has 0 radical (unpaired) electrons. The molecule has 7 nitrogen and oxygen atoms in total. The zero-order chi connectivity index (χ0) is 24.0. The molecule has 0 aliphatic rings. The third kappa shape index (κ3) is 8.45. The molecule has 184 valence electrons. The van der Waals surface area contributed by atoms with E-state index < -0.39 is 0 Å². The summed E-state index contributed by atoms with van der Waals surface area (Å²) in [5, 5.41) is 0. The summed E-state index contributed by atoms with van der Waals surface area (Å²) in [5.41, 5.74) is 2.46. The predicted octanol–water partition coefficient (Wildman–Crippen LogP) is 5.20. The molecule has 3 rings (SSSR count). The van der Waals surface area contributed by atoms with Crippen LogP contribution in [0.25, 0.3) is 0 Å². The number of rotatable bonds is 16. The quantitative estimate of drug-likeness (QED) is 0.286. The molecule has 3 aromatic rings. The molecule has 2 aromatic heterocycles. The van der Waals surface area contributed by atoms with Gasteiger partial charge in [0.25, 0.3) is 5.91 Å². The van der Waals surface area contributed by atoms with Crippen molar-refractivity contribution < 1.29 is 4.79 Å². The molecule has 0 aliphatic carbocycles. The number of nitrogens with zero attached hydrogens (tertiary/aromatic N) is 4. The van der Waals surface area contributed by atoms with Crippen molar-refractivity contribution in [1.82, 2.24) is 29.7 Å². The van der Waals surface area contributed by atoms with E-state index in [0.29, 0.717) is 18.9 Å². The van der Waals surface area contributed by atoms with Gasteiger partial charge in [0.05, 0.1) is 6.54 Å². The van der Waals surface area contributed by atoms with Crippen molar-refractivity contribution in [3.63, 3.8) is 0 Å². The molecule has 34 heavy (non-hydrogen) atoms. The summed E-state index contributed by atoms with van der Waals surface area (Å²) in [6.45, 7) is 9.14. The van der Waals surface area contributed by atoms with Crippen LogP contribution in [-0.4, -0.2) is 55.3 Å². The summed E-state index contributed by atoms with van der Waals surface area (Å²) in [5.74, 6) is 0.960. The van der Waals surface area contributed by atoms with Crippen LogP contribution in [-0.2, 0) is 19.5 Å². The fourth-order valence-corrected chi connectivity index (χ4v) is 4.31. The fraction of sp³-hybridized carbons (Fsp3) is 0.519. The Bertz CT molecular complexity index is 915. The van der Waals surface area contributed by atoms with E-state index in [2.05, 4.69) is 62.9 Å². The highest BCUT2D eigenvalue weighted by molar-refractivity contribution is 5.90. The van der Waals surface area contributed by atoms with Gasteiger partial charge in [0.15, 0.2) is 5.82 Å². The maximum absolute atomic E-state index is 12.9. The lowest BCUT2D eigenvalue weighted by Gasteiger charge is -2.21. The summed E-state index contributed by atoms with van der Waals surface area (Å²) < 4.78 is 0. The smallest absolute Gasteiger partial charge is 0.290 e. The number of hydrogen-bond acceptors (Lipinski definition) is 4. The van der Waals surface area contributed by atoms with Crippen molar-refractivity contribution in [3.05, 3.63) is 71.8 Å². The number of nitrogens with one attached hydrogen (secondary N) is 2.